The van der Waals surface area contributed by atoms with Gasteiger partial charge in [-0.15, -0.1) is 11.3 Å². The molecule has 0 radical (unpaired) electrons. The molecule has 2 heterocycles. The van der Waals surface area contributed by atoms with Crippen LogP contribution in [0.25, 0.3) is 11.3 Å². The Hall–Kier alpha value is -2.60. The Morgan fingerprint density at radius 2 is 2.09 bits per heavy atom. The molecule has 0 saturated carbocycles. The van der Waals surface area contributed by atoms with Crippen LogP contribution in [0.4, 0.5) is 5.69 Å². The first-order valence-corrected chi connectivity index (χ1v) is 8.15. The summed E-state index contributed by atoms with van der Waals surface area (Å²) in [5, 5.41) is 8.89. The molecule has 0 bridgehead atoms. The normalized spacial score (nSPS) is 12.4. The highest BCUT2D eigenvalue weighted by molar-refractivity contribution is 7.10. The van der Waals surface area contributed by atoms with Crippen molar-refractivity contribution in [2.45, 2.75) is 12.8 Å². The summed E-state index contributed by atoms with van der Waals surface area (Å²) in [7, 11) is 1.61. The summed E-state index contributed by atoms with van der Waals surface area (Å²) in [5.41, 5.74) is 3.02. The summed E-state index contributed by atoms with van der Waals surface area (Å²) in [6.07, 6.45) is 1.70. The lowest BCUT2D eigenvalue weighted by molar-refractivity contribution is 0.101. The lowest BCUT2D eigenvalue weighted by atomic mass is 9.95. The third-order valence-corrected chi connectivity index (χ3v) is 4.92. The Morgan fingerprint density at radius 1 is 1.26 bits per heavy atom. The first kappa shape index (κ1) is 14.0. The maximum Gasteiger partial charge on any atom is 0.278 e. The number of nitrogens with zero attached hydrogens (tertiary/aromatic N) is 1. The van der Waals surface area contributed by atoms with Crippen molar-refractivity contribution in [2.24, 2.45) is 0 Å². The molecule has 0 fully saturated rings. The van der Waals surface area contributed by atoms with Crippen molar-refractivity contribution in [1.29, 1.82) is 0 Å². The van der Waals surface area contributed by atoms with Gasteiger partial charge in [-0.2, -0.15) is 0 Å². The number of amides is 1. The number of aromatic nitrogens is 1. The van der Waals surface area contributed by atoms with E-state index >= 15 is 0 Å². The molecule has 0 aliphatic heterocycles. The zero-order chi connectivity index (χ0) is 15.8. The van der Waals surface area contributed by atoms with Crippen LogP contribution in [0.3, 0.4) is 0 Å². The van der Waals surface area contributed by atoms with Crippen LogP contribution in [-0.2, 0) is 12.8 Å². The molecule has 1 aromatic carbocycles. The lowest BCUT2D eigenvalue weighted by Crippen LogP contribution is -2.15. The predicted octanol–water partition coefficient (Wildman–Crippen LogP) is 3.76. The standard InChI is InChI=1S/C17H14N2O3S/c1-21-11-4-2-10(3-5-11)18-17(20)15-13-6-7-14-12(8-9-23-14)16(13)22-19-15/h2-5,8-9H,6-7H2,1H3,(H,18,20). The summed E-state index contributed by atoms with van der Waals surface area (Å²) < 4.78 is 10.6. The fraction of sp³-hybridized carbons (Fsp3) is 0.176. The van der Waals surface area contributed by atoms with Crippen molar-refractivity contribution in [3.63, 3.8) is 0 Å². The Labute approximate surface area is 136 Å². The molecule has 0 spiro atoms. The van der Waals surface area contributed by atoms with Gasteiger partial charge in [0.15, 0.2) is 11.5 Å². The molecule has 23 heavy (non-hydrogen) atoms. The van der Waals surface area contributed by atoms with Gasteiger partial charge >= 0.3 is 0 Å². The molecule has 116 valence electrons. The van der Waals surface area contributed by atoms with Crippen LogP contribution < -0.4 is 10.1 Å². The molecular formula is C17H14N2O3S. The van der Waals surface area contributed by atoms with Crippen LogP contribution in [0.1, 0.15) is 20.9 Å². The van der Waals surface area contributed by atoms with E-state index in [1.54, 1.807) is 42.7 Å². The number of anilines is 1. The number of nitrogens with one attached hydrogen (secondary N) is 1. The van der Waals surface area contributed by atoms with Gasteiger partial charge in [0.25, 0.3) is 5.91 Å². The number of ether oxygens (including phenoxy) is 1. The van der Waals surface area contributed by atoms with E-state index < -0.39 is 0 Å². The van der Waals surface area contributed by atoms with Crippen molar-refractivity contribution in [3.05, 3.63) is 51.8 Å². The van der Waals surface area contributed by atoms with Gasteiger partial charge in [0.1, 0.15) is 5.75 Å². The van der Waals surface area contributed by atoms with Gasteiger partial charge in [0, 0.05) is 21.7 Å². The largest absolute Gasteiger partial charge is 0.497 e. The molecule has 5 nitrogen and oxygen atoms in total. The Morgan fingerprint density at radius 3 is 2.87 bits per heavy atom. The second-order valence-corrected chi connectivity index (χ2v) is 6.28. The predicted molar refractivity (Wildman–Crippen MR) is 88.2 cm³/mol. The molecule has 0 unspecified atom stereocenters. The molecule has 6 heteroatoms. The van der Waals surface area contributed by atoms with Crippen LogP contribution in [0.5, 0.6) is 5.75 Å². The number of fused-ring (bicyclic) bond motifs is 3. The van der Waals surface area contributed by atoms with Gasteiger partial charge in [0.05, 0.1) is 7.11 Å². The molecular weight excluding hydrogens is 312 g/mol. The maximum absolute atomic E-state index is 12.5. The molecule has 1 amide bonds. The van der Waals surface area contributed by atoms with Crippen LogP contribution in [0.2, 0.25) is 0 Å². The van der Waals surface area contributed by atoms with Gasteiger partial charge in [-0.25, -0.2) is 0 Å². The topological polar surface area (TPSA) is 64.4 Å². The number of hydrogen-bond acceptors (Lipinski definition) is 5. The number of hydrogen-bond donors (Lipinski definition) is 1. The van der Waals surface area contributed by atoms with Gasteiger partial charge in [-0.05, 0) is 48.6 Å². The molecule has 1 aliphatic carbocycles. The van der Waals surface area contributed by atoms with E-state index in [4.69, 9.17) is 9.26 Å². The zero-order valence-electron chi connectivity index (χ0n) is 12.5. The number of carbonyl (C=O) groups excluding carboxylic acids is 1. The summed E-state index contributed by atoms with van der Waals surface area (Å²) in [5.74, 6) is 1.22. The number of methoxy groups -OCH3 is 1. The molecule has 1 N–H and O–H groups in total. The highest BCUT2D eigenvalue weighted by atomic mass is 32.1. The van der Waals surface area contributed by atoms with E-state index in [1.807, 2.05) is 11.4 Å². The quantitative estimate of drug-likeness (QED) is 0.796. The van der Waals surface area contributed by atoms with Crippen LogP contribution >= 0.6 is 11.3 Å². The average molecular weight is 326 g/mol. The minimum atomic E-state index is -0.251. The second kappa shape index (κ2) is 5.55. The van der Waals surface area contributed by atoms with Gasteiger partial charge in [0.2, 0.25) is 0 Å². The van der Waals surface area contributed by atoms with E-state index in [-0.39, 0.29) is 5.91 Å². The monoisotopic (exact) mass is 326 g/mol. The second-order valence-electron chi connectivity index (χ2n) is 5.28. The first-order valence-electron chi connectivity index (χ1n) is 7.27. The van der Waals surface area contributed by atoms with E-state index in [2.05, 4.69) is 10.5 Å². The minimum Gasteiger partial charge on any atom is -0.497 e. The van der Waals surface area contributed by atoms with Crippen molar-refractivity contribution < 1.29 is 14.1 Å². The van der Waals surface area contributed by atoms with Crippen molar-refractivity contribution in [3.8, 4) is 17.1 Å². The minimum absolute atomic E-state index is 0.251. The van der Waals surface area contributed by atoms with Gasteiger partial charge < -0.3 is 14.6 Å². The summed E-state index contributed by atoms with van der Waals surface area (Å²) in [6.45, 7) is 0. The van der Waals surface area contributed by atoms with E-state index in [9.17, 15) is 4.79 Å². The molecule has 0 atom stereocenters. The number of rotatable bonds is 3. The van der Waals surface area contributed by atoms with Crippen molar-refractivity contribution in [2.75, 3.05) is 12.4 Å². The molecule has 3 aromatic rings. The fourth-order valence-corrected chi connectivity index (χ4v) is 3.65. The Bertz CT molecular complexity index is 864. The molecule has 4 rings (SSSR count). The smallest absolute Gasteiger partial charge is 0.278 e. The van der Waals surface area contributed by atoms with Crippen LogP contribution in [0, 0.1) is 0 Å². The fourth-order valence-electron chi connectivity index (χ4n) is 2.77. The van der Waals surface area contributed by atoms with Crippen LogP contribution in [-0.4, -0.2) is 18.2 Å². The molecule has 1 aliphatic rings. The number of benzene rings is 1. The Kier molecular flexibility index (Phi) is 3.38. The average Bonchev–Trinajstić information content (AvgIpc) is 3.21. The van der Waals surface area contributed by atoms with E-state index in [0.717, 1.165) is 35.5 Å². The lowest BCUT2D eigenvalue weighted by Gasteiger charge is -2.10. The van der Waals surface area contributed by atoms with E-state index in [1.165, 1.54) is 4.88 Å². The number of thiophene rings is 1. The van der Waals surface area contributed by atoms with Crippen molar-refractivity contribution in [1.82, 2.24) is 5.16 Å². The highest BCUT2D eigenvalue weighted by Crippen LogP contribution is 2.38. The summed E-state index contributed by atoms with van der Waals surface area (Å²) >= 11 is 1.71. The molecule has 2 aromatic heterocycles. The number of carbonyl (C=O) groups is 1. The summed E-state index contributed by atoms with van der Waals surface area (Å²) in [6, 6.07) is 9.20. The SMILES string of the molecule is COc1ccc(NC(=O)c2noc3c2CCc2sccc2-3)cc1. The zero-order valence-corrected chi connectivity index (χ0v) is 13.3. The van der Waals surface area contributed by atoms with E-state index in [0.29, 0.717) is 11.4 Å². The molecule has 0 saturated heterocycles. The highest BCUT2D eigenvalue weighted by Gasteiger charge is 2.28. The Balaban J connectivity index is 1.60. The van der Waals surface area contributed by atoms with Crippen molar-refractivity contribution >= 4 is 22.9 Å². The third kappa shape index (κ3) is 2.41. The van der Waals surface area contributed by atoms with Crippen LogP contribution in [0.15, 0.2) is 40.2 Å². The maximum atomic E-state index is 12.5. The number of aryl methyl sites for hydroxylation is 1. The summed E-state index contributed by atoms with van der Waals surface area (Å²) in [4.78, 5) is 13.8. The third-order valence-electron chi connectivity index (χ3n) is 3.94. The first-order chi connectivity index (χ1) is 11.3. The van der Waals surface area contributed by atoms with Gasteiger partial charge in [-0.3, -0.25) is 4.79 Å². The van der Waals surface area contributed by atoms with Gasteiger partial charge in [-0.1, -0.05) is 5.16 Å².